The number of benzene rings is 1. The van der Waals surface area contributed by atoms with Gasteiger partial charge in [-0.3, -0.25) is 0 Å². The van der Waals surface area contributed by atoms with E-state index in [-0.39, 0.29) is 0 Å². The van der Waals surface area contributed by atoms with E-state index < -0.39 is 0 Å². The molecule has 0 aliphatic carbocycles. The van der Waals surface area contributed by atoms with Gasteiger partial charge in [0.05, 0.1) is 0 Å². The van der Waals surface area contributed by atoms with Crippen molar-refractivity contribution in [2.45, 2.75) is 13.8 Å². The molecule has 0 aliphatic heterocycles. The van der Waals surface area contributed by atoms with E-state index in [1.807, 2.05) is 12.4 Å². The summed E-state index contributed by atoms with van der Waals surface area (Å²) < 4.78 is 0. The zero-order valence-corrected chi connectivity index (χ0v) is 7.96. The molecule has 1 N–H and O–H groups in total. The molecule has 0 radical (unpaired) electrons. The van der Waals surface area contributed by atoms with Crippen LogP contribution in [-0.4, -0.2) is 4.98 Å². The van der Waals surface area contributed by atoms with Crippen molar-refractivity contribution in [2.24, 2.45) is 0 Å². The summed E-state index contributed by atoms with van der Waals surface area (Å²) in [5, 5.41) is 0. The molecular weight excluding hydrogens is 158 g/mol. The lowest BCUT2D eigenvalue weighted by Gasteiger charge is -2.03. The summed E-state index contributed by atoms with van der Waals surface area (Å²) in [5.41, 5.74) is 5.22. The molecule has 0 atom stereocenters. The Bertz CT molecular complexity index is 399. The molecule has 1 aromatic carbocycles. The highest BCUT2D eigenvalue weighted by atomic mass is 14.6. The van der Waals surface area contributed by atoms with Gasteiger partial charge in [-0.15, -0.1) is 0 Å². The predicted octanol–water partition coefficient (Wildman–Crippen LogP) is 3.30. The van der Waals surface area contributed by atoms with Crippen LogP contribution in [-0.2, 0) is 0 Å². The number of rotatable bonds is 1. The number of hydrogen-bond acceptors (Lipinski definition) is 0. The van der Waals surface area contributed by atoms with E-state index in [0.29, 0.717) is 0 Å². The van der Waals surface area contributed by atoms with Crippen LogP contribution in [0.25, 0.3) is 11.1 Å². The fraction of sp³-hybridized carbons (Fsp3) is 0.167. The van der Waals surface area contributed by atoms with Gasteiger partial charge < -0.3 is 4.98 Å². The monoisotopic (exact) mass is 171 g/mol. The minimum atomic E-state index is 1.26. The lowest BCUT2D eigenvalue weighted by atomic mass is 10.0. The molecule has 66 valence electrons. The highest BCUT2D eigenvalue weighted by Crippen LogP contribution is 2.23. The Morgan fingerprint density at radius 1 is 1.08 bits per heavy atom. The van der Waals surface area contributed by atoms with Crippen molar-refractivity contribution in [3.05, 3.63) is 47.8 Å². The summed E-state index contributed by atoms with van der Waals surface area (Å²) in [6.07, 6.45) is 3.98. The topological polar surface area (TPSA) is 15.8 Å². The van der Waals surface area contributed by atoms with Crippen LogP contribution in [0.3, 0.4) is 0 Å². The molecule has 1 nitrogen and oxygen atoms in total. The Labute approximate surface area is 78.4 Å². The minimum absolute atomic E-state index is 1.26. The smallest absolute Gasteiger partial charge is 0.00842 e. The van der Waals surface area contributed by atoms with Gasteiger partial charge in [-0.1, -0.05) is 23.8 Å². The predicted molar refractivity (Wildman–Crippen MR) is 55.7 cm³/mol. The first-order chi connectivity index (χ1) is 6.27. The molecule has 0 bridgehead atoms. The molecule has 0 amide bonds. The summed E-state index contributed by atoms with van der Waals surface area (Å²) in [4.78, 5) is 3.07. The van der Waals surface area contributed by atoms with Crippen molar-refractivity contribution in [3.8, 4) is 11.1 Å². The second-order valence-electron chi connectivity index (χ2n) is 3.42. The molecule has 0 saturated carbocycles. The summed E-state index contributed by atoms with van der Waals surface area (Å²) in [5.74, 6) is 0. The third-order valence-corrected chi connectivity index (χ3v) is 2.29. The lowest BCUT2D eigenvalue weighted by Crippen LogP contribution is -1.82. The first kappa shape index (κ1) is 8.11. The summed E-state index contributed by atoms with van der Waals surface area (Å²) in [6, 6.07) is 8.63. The van der Waals surface area contributed by atoms with E-state index in [1.54, 1.807) is 0 Å². The summed E-state index contributed by atoms with van der Waals surface area (Å²) in [7, 11) is 0. The van der Waals surface area contributed by atoms with Crippen molar-refractivity contribution in [1.82, 2.24) is 4.98 Å². The number of aromatic amines is 1. The van der Waals surface area contributed by atoms with Crippen molar-refractivity contribution >= 4 is 0 Å². The van der Waals surface area contributed by atoms with Crippen LogP contribution < -0.4 is 0 Å². The number of aromatic nitrogens is 1. The molecule has 1 heteroatoms. The first-order valence-corrected chi connectivity index (χ1v) is 4.48. The molecule has 13 heavy (non-hydrogen) atoms. The van der Waals surface area contributed by atoms with Gasteiger partial charge in [0.25, 0.3) is 0 Å². The van der Waals surface area contributed by atoms with E-state index in [1.165, 1.54) is 22.3 Å². The third kappa shape index (κ3) is 1.50. The number of H-pyrrole nitrogens is 1. The van der Waals surface area contributed by atoms with Crippen LogP contribution in [0.2, 0.25) is 0 Å². The van der Waals surface area contributed by atoms with Crippen molar-refractivity contribution in [3.63, 3.8) is 0 Å². The van der Waals surface area contributed by atoms with Gasteiger partial charge in [0.1, 0.15) is 0 Å². The Morgan fingerprint density at radius 2 is 1.92 bits per heavy atom. The number of nitrogens with one attached hydrogen (secondary N) is 1. The van der Waals surface area contributed by atoms with E-state index >= 15 is 0 Å². The molecule has 0 fully saturated rings. The van der Waals surface area contributed by atoms with E-state index in [0.717, 1.165) is 0 Å². The maximum Gasteiger partial charge on any atom is 0.00842 e. The van der Waals surface area contributed by atoms with Crippen LogP contribution >= 0.6 is 0 Å². The minimum Gasteiger partial charge on any atom is -0.367 e. The Morgan fingerprint density at radius 3 is 2.54 bits per heavy atom. The zero-order valence-electron chi connectivity index (χ0n) is 7.96. The standard InChI is InChI=1S/C12H13N/c1-9-3-4-12(10(2)7-9)11-5-6-13-8-11/h3-8,13H,1-2H3. The van der Waals surface area contributed by atoms with E-state index in [9.17, 15) is 0 Å². The van der Waals surface area contributed by atoms with Crippen LogP contribution in [0.5, 0.6) is 0 Å². The fourth-order valence-corrected chi connectivity index (χ4v) is 1.63. The Balaban J connectivity index is 2.53. The van der Waals surface area contributed by atoms with Gasteiger partial charge in [-0.05, 0) is 36.6 Å². The second kappa shape index (κ2) is 3.09. The van der Waals surface area contributed by atoms with E-state index in [4.69, 9.17) is 0 Å². The van der Waals surface area contributed by atoms with Gasteiger partial charge in [0, 0.05) is 12.4 Å². The van der Waals surface area contributed by atoms with Crippen molar-refractivity contribution < 1.29 is 0 Å². The van der Waals surface area contributed by atoms with Gasteiger partial charge in [0.15, 0.2) is 0 Å². The highest BCUT2D eigenvalue weighted by Gasteiger charge is 2.00. The molecule has 0 spiro atoms. The van der Waals surface area contributed by atoms with E-state index in [2.05, 4.69) is 43.1 Å². The van der Waals surface area contributed by atoms with Crippen molar-refractivity contribution in [2.75, 3.05) is 0 Å². The number of aryl methyl sites for hydroxylation is 2. The molecule has 0 saturated heterocycles. The van der Waals surface area contributed by atoms with Crippen LogP contribution in [0.15, 0.2) is 36.7 Å². The second-order valence-corrected chi connectivity index (χ2v) is 3.42. The fourth-order valence-electron chi connectivity index (χ4n) is 1.63. The largest absolute Gasteiger partial charge is 0.367 e. The molecule has 2 aromatic rings. The normalized spacial score (nSPS) is 10.3. The van der Waals surface area contributed by atoms with Gasteiger partial charge in [-0.25, -0.2) is 0 Å². The average Bonchev–Trinajstić information content (AvgIpc) is 2.56. The SMILES string of the molecule is Cc1ccc(-c2cc[nH]c2)c(C)c1. The quantitative estimate of drug-likeness (QED) is 0.677. The maximum atomic E-state index is 3.07. The van der Waals surface area contributed by atoms with Crippen molar-refractivity contribution in [1.29, 1.82) is 0 Å². The third-order valence-electron chi connectivity index (χ3n) is 2.29. The summed E-state index contributed by atoms with van der Waals surface area (Å²) in [6.45, 7) is 4.27. The van der Waals surface area contributed by atoms with Crippen LogP contribution in [0.4, 0.5) is 0 Å². The Hall–Kier alpha value is -1.50. The van der Waals surface area contributed by atoms with Crippen LogP contribution in [0.1, 0.15) is 11.1 Å². The molecular formula is C12H13N. The number of hydrogen-bond donors (Lipinski definition) is 1. The average molecular weight is 171 g/mol. The molecule has 0 aliphatic rings. The molecule has 2 rings (SSSR count). The van der Waals surface area contributed by atoms with Gasteiger partial charge in [-0.2, -0.15) is 0 Å². The molecule has 1 aromatic heterocycles. The highest BCUT2D eigenvalue weighted by molar-refractivity contribution is 5.66. The Kier molecular flexibility index (Phi) is 1.93. The van der Waals surface area contributed by atoms with Crippen LogP contribution in [0, 0.1) is 13.8 Å². The molecule has 0 unspecified atom stereocenters. The summed E-state index contributed by atoms with van der Waals surface area (Å²) >= 11 is 0. The maximum absolute atomic E-state index is 3.07. The van der Waals surface area contributed by atoms with Gasteiger partial charge >= 0.3 is 0 Å². The van der Waals surface area contributed by atoms with Gasteiger partial charge in [0.2, 0.25) is 0 Å². The lowest BCUT2D eigenvalue weighted by molar-refractivity contribution is 1.38. The first-order valence-electron chi connectivity index (χ1n) is 4.48. The molecule has 1 heterocycles. The zero-order chi connectivity index (χ0) is 9.26.